The Morgan fingerprint density at radius 2 is 1.84 bits per heavy atom. The first kappa shape index (κ1) is 26.3. The first-order valence-electron chi connectivity index (χ1n) is 12.0. The van der Waals surface area contributed by atoms with E-state index in [-0.39, 0.29) is 12.3 Å². The van der Waals surface area contributed by atoms with Gasteiger partial charge in [0.25, 0.3) is 0 Å². The number of allylic oxidation sites excluding steroid dienone is 1. The Kier molecular flexibility index (Phi) is 8.23. The van der Waals surface area contributed by atoms with E-state index in [0.717, 1.165) is 16.8 Å². The predicted molar refractivity (Wildman–Crippen MR) is 144 cm³/mol. The molecule has 0 spiro atoms. The molecule has 0 bridgehead atoms. The second kappa shape index (κ2) is 11.6. The highest BCUT2D eigenvalue weighted by molar-refractivity contribution is 8.16. The number of carbonyl (C=O) groups excluding carboxylic acids is 2. The molecule has 0 fully saturated rings. The quantitative estimate of drug-likeness (QED) is 0.435. The third kappa shape index (κ3) is 5.36. The van der Waals surface area contributed by atoms with Gasteiger partial charge in [-0.25, -0.2) is 9.79 Å². The van der Waals surface area contributed by atoms with Gasteiger partial charge in [0, 0.05) is 30.9 Å². The van der Waals surface area contributed by atoms with Crippen molar-refractivity contribution in [3.8, 4) is 11.5 Å². The minimum atomic E-state index is -0.579. The van der Waals surface area contributed by atoms with Crippen molar-refractivity contribution in [2.75, 3.05) is 28.4 Å². The van der Waals surface area contributed by atoms with Gasteiger partial charge in [-0.2, -0.15) is 0 Å². The fraction of sp³-hybridized carbons (Fsp3) is 0.321. The Morgan fingerprint density at radius 3 is 2.49 bits per heavy atom. The maximum atomic E-state index is 13.3. The summed E-state index contributed by atoms with van der Waals surface area (Å²) in [6, 6.07) is 14.8. The van der Waals surface area contributed by atoms with Gasteiger partial charge in [0.2, 0.25) is 5.91 Å². The molecular formula is C28H31N3O5S. The van der Waals surface area contributed by atoms with Gasteiger partial charge in [-0.3, -0.25) is 4.79 Å². The lowest BCUT2D eigenvalue weighted by molar-refractivity contribution is -0.136. The Labute approximate surface area is 221 Å². The molecule has 37 heavy (non-hydrogen) atoms. The van der Waals surface area contributed by atoms with Crippen LogP contribution in [-0.4, -0.2) is 55.2 Å². The van der Waals surface area contributed by atoms with Crippen LogP contribution in [0.2, 0.25) is 0 Å². The highest BCUT2D eigenvalue weighted by atomic mass is 32.2. The topological polar surface area (TPSA) is 80.7 Å². The molecule has 194 valence electrons. The molecule has 1 amide bonds. The minimum absolute atomic E-state index is 0.0396. The summed E-state index contributed by atoms with van der Waals surface area (Å²) >= 11 is 1.44. The van der Waals surface area contributed by atoms with Crippen LogP contribution in [0.1, 0.15) is 36.9 Å². The number of nitrogens with zero attached hydrogens (tertiary/aromatic N) is 3. The normalized spacial score (nSPS) is 16.6. The molecule has 4 rings (SSSR count). The molecule has 8 nitrogen and oxygen atoms in total. The third-order valence-electron chi connectivity index (χ3n) is 6.39. The monoisotopic (exact) mass is 521 g/mol. The van der Waals surface area contributed by atoms with E-state index in [2.05, 4.69) is 0 Å². The average molecular weight is 522 g/mol. The molecule has 2 aromatic carbocycles. The summed E-state index contributed by atoms with van der Waals surface area (Å²) in [5, 5.41) is 2.64. The number of hydrogen-bond acceptors (Lipinski definition) is 8. The van der Waals surface area contributed by atoms with Crippen molar-refractivity contribution >= 4 is 28.8 Å². The molecule has 9 heteroatoms. The van der Waals surface area contributed by atoms with Crippen molar-refractivity contribution < 1.29 is 23.8 Å². The van der Waals surface area contributed by atoms with E-state index in [9.17, 15) is 9.59 Å². The van der Waals surface area contributed by atoms with Crippen LogP contribution in [0.25, 0.3) is 0 Å². The van der Waals surface area contributed by atoms with E-state index in [1.54, 1.807) is 32.2 Å². The van der Waals surface area contributed by atoms with Crippen LogP contribution in [0.15, 0.2) is 75.9 Å². The van der Waals surface area contributed by atoms with Crippen molar-refractivity contribution in [3.05, 3.63) is 82.0 Å². The van der Waals surface area contributed by atoms with Crippen molar-refractivity contribution in [3.63, 3.8) is 0 Å². The zero-order chi connectivity index (χ0) is 26.5. The second-order valence-electron chi connectivity index (χ2n) is 8.62. The van der Waals surface area contributed by atoms with Gasteiger partial charge in [-0.15, -0.1) is 0 Å². The number of benzene rings is 2. The molecule has 0 saturated carbocycles. The van der Waals surface area contributed by atoms with Crippen LogP contribution in [0.4, 0.5) is 0 Å². The highest BCUT2D eigenvalue weighted by Crippen LogP contribution is 2.48. The number of methoxy groups -OCH3 is 3. The molecule has 0 aromatic heterocycles. The zero-order valence-corrected chi connectivity index (χ0v) is 22.5. The number of amidine groups is 1. The molecule has 0 aliphatic carbocycles. The summed E-state index contributed by atoms with van der Waals surface area (Å²) in [4.78, 5) is 34.9. The van der Waals surface area contributed by atoms with E-state index in [1.165, 1.54) is 18.9 Å². The molecule has 2 aromatic rings. The number of esters is 1. The maximum Gasteiger partial charge on any atom is 0.338 e. The number of carbonyl (C=O) groups is 2. The number of thioether (sulfide) groups is 1. The predicted octanol–water partition coefficient (Wildman–Crippen LogP) is 4.89. The summed E-state index contributed by atoms with van der Waals surface area (Å²) in [5.74, 6) is 0.689. The van der Waals surface area contributed by atoms with E-state index >= 15 is 0 Å². The maximum absolute atomic E-state index is 13.3. The lowest BCUT2D eigenvalue weighted by atomic mass is 9.92. The van der Waals surface area contributed by atoms with E-state index in [1.807, 2.05) is 59.7 Å². The number of ether oxygens (including phenoxy) is 3. The summed E-state index contributed by atoms with van der Waals surface area (Å²) < 4.78 is 16.3. The van der Waals surface area contributed by atoms with Crippen LogP contribution >= 0.6 is 11.8 Å². The standard InChI is InChI=1S/C28H31N3O5S/c1-6-22-25(27(33)36-5)26(21-13-12-20(34-3)15-23(21)35-4)31-19(17-37-28(31)29-22)14-24(32)30(2)16-18-10-8-7-9-11-18/h7-13,15,17,26H,6,14,16H2,1-5H3/t26-/m1/s1. The molecule has 2 heterocycles. The van der Waals surface area contributed by atoms with Crippen LogP contribution in [0.5, 0.6) is 11.5 Å². The smallest absolute Gasteiger partial charge is 0.338 e. The summed E-state index contributed by atoms with van der Waals surface area (Å²) in [7, 11) is 6.32. The fourth-order valence-corrected chi connectivity index (χ4v) is 5.42. The summed E-state index contributed by atoms with van der Waals surface area (Å²) in [6.45, 7) is 2.46. The number of aliphatic imine (C=N–C) groups is 1. The number of amides is 1. The Hall–Kier alpha value is -3.72. The third-order valence-corrected chi connectivity index (χ3v) is 7.27. The number of rotatable bonds is 9. The van der Waals surface area contributed by atoms with Gasteiger partial charge in [0.1, 0.15) is 11.5 Å². The zero-order valence-electron chi connectivity index (χ0n) is 21.7. The van der Waals surface area contributed by atoms with Crippen molar-refractivity contribution in [2.24, 2.45) is 4.99 Å². The second-order valence-corrected chi connectivity index (χ2v) is 9.46. The van der Waals surface area contributed by atoms with Gasteiger partial charge in [-0.1, -0.05) is 49.0 Å². The van der Waals surface area contributed by atoms with E-state index in [4.69, 9.17) is 19.2 Å². The first-order valence-corrected chi connectivity index (χ1v) is 12.8. The van der Waals surface area contributed by atoms with Crippen LogP contribution < -0.4 is 9.47 Å². The molecule has 2 aliphatic rings. The number of hydrogen-bond donors (Lipinski definition) is 0. The molecular weight excluding hydrogens is 490 g/mol. The van der Waals surface area contributed by atoms with Gasteiger partial charge in [0.05, 0.1) is 45.1 Å². The van der Waals surface area contributed by atoms with Crippen molar-refractivity contribution in [1.29, 1.82) is 0 Å². The minimum Gasteiger partial charge on any atom is -0.497 e. The summed E-state index contributed by atoms with van der Waals surface area (Å²) in [6.07, 6.45) is 0.700. The SMILES string of the molecule is CCC1=C(C(=O)OC)[C@@H](c2ccc(OC)cc2OC)N2C(CC(=O)N(C)Cc3ccccc3)=CSC2=N1. The molecule has 0 N–H and O–H groups in total. The van der Waals surface area contributed by atoms with E-state index < -0.39 is 12.0 Å². The van der Waals surface area contributed by atoms with Crippen LogP contribution in [0.3, 0.4) is 0 Å². The van der Waals surface area contributed by atoms with Crippen LogP contribution in [-0.2, 0) is 20.9 Å². The Morgan fingerprint density at radius 1 is 1.08 bits per heavy atom. The largest absolute Gasteiger partial charge is 0.497 e. The van der Waals surface area contributed by atoms with Crippen molar-refractivity contribution in [1.82, 2.24) is 9.80 Å². The van der Waals surface area contributed by atoms with Crippen molar-refractivity contribution in [2.45, 2.75) is 32.4 Å². The molecule has 2 aliphatic heterocycles. The van der Waals surface area contributed by atoms with Gasteiger partial charge < -0.3 is 24.0 Å². The lowest BCUT2D eigenvalue weighted by Gasteiger charge is -2.37. The van der Waals surface area contributed by atoms with Gasteiger partial charge >= 0.3 is 5.97 Å². The van der Waals surface area contributed by atoms with E-state index in [0.29, 0.717) is 40.9 Å². The average Bonchev–Trinajstić information content (AvgIpc) is 3.33. The first-order chi connectivity index (χ1) is 17.9. The molecule has 0 radical (unpaired) electrons. The molecule has 0 unspecified atom stereocenters. The molecule has 1 atom stereocenters. The lowest BCUT2D eigenvalue weighted by Crippen LogP contribution is -2.38. The van der Waals surface area contributed by atoms with Gasteiger partial charge in [-0.05, 0) is 29.5 Å². The number of fused-ring (bicyclic) bond motifs is 1. The van der Waals surface area contributed by atoms with Gasteiger partial charge in [0.15, 0.2) is 5.17 Å². The Balaban J connectivity index is 1.72. The molecule has 0 saturated heterocycles. The summed E-state index contributed by atoms with van der Waals surface area (Å²) in [5.41, 5.74) is 3.64. The van der Waals surface area contributed by atoms with Crippen LogP contribution in [0, 0.1) is 0 Å². The Bertz CT molecular complexity index is 1270. The fourth-order valence-electron chi connectivity index (χ4n) is 4.49. The highest BCUT2D eigenvalue weighted by Gasteiger charge is 2.42.